The smallest absolute Gasteiger partial charge is 0.225 e. The predicted octanol–water partition coefficient (Wildman–Crippen LogP) is 0.234. The molecule has 2 amide bonds. The number of aromatic nitrogens is 2. The van der Waals surface area contributed by atoms with Gasteiger partial charge in [-0.2, -0.15) is 5.10 Å². The van der Waals surface area contributed by atoms with Gasteiger partial charge in [-0.25, -0.2) is 0 Å². The summed E-state index contributed by atoms with van der Waals surface area (Å²) in [6.45, 7) is 6.45. The summed E-state index contributed by atoms with van der Waals surface area (Å²) in [5.41, 5.74) is 2.01. The molecule has 0 radical (unpaired) electrons. The molecule has 3 atom stereocenters. The van der Waals surface area contributed by atoms with Crippen molar-refractivity contribution >= 4 is 11.8 Å². The maximum absolute atomic E-state index is 12.3. The van der Waals surface area contributed by atoms with Crippen LogP contribution in [0.25, 0.3) is 0 Å². The van der Waals surface area contributed by atoms with E-state index in [0.29, 0.717) is 25.9 Å². The number of aliphatic hydroxyl groups excluding tert-OH is 1. The van der Waals surface area contributed by atoms with Crippen molar-refractivity contribution in [1.82, 2.24) is 20.0 Å². The lowest BCUT2D eigenvalue weighted by molar-refractivity contribution is -0.134. The van der Waals surface area contributed by atoms with Gasteiger partial charge in [0.2, 0.25) is 11.8 Å². The molecule has 0 unspecified atom stereocenters. The highest BCUT2D eigenvalue weighted by atomic mass is 16.3. The van der Waals surface area contributed by atoms with Gasteiger partial charge < -0.3 is 15.3 Å². The first kappa shape index (κ1) is 17.5. The maximum atomic E-state index is 12.3. The minimum absolute atomic E-state index is 0.0976. The Bertz CT molecular complexity index is 584. The normalized spacial score (nSPS) is 23.8. The average molecular weight is 322 g/mol. The van der Waals surface area contributed by atoms with Gasteiger partial charge in [0, 0.05) is 26.2 Å². The minimum Gasteiger partial charge on any atom is -0.390 e. The van der Waals surface area contributed by atoms with E-state index in [-0.39, 0.29) is 17.9 Å². The fraction of sp³-hybridized carbons (Fsp3) is 0.688. The molecule has 0 aromatic carbocycles. The third-order valence-corrected chi connectivity index (χ3v) is 4.64. The number of hydrogen-bond donors (Lipinski definition) is 2. The molecule has 1 heterocycles. The highest BCUT2D eigenvalue weighted by Crippen LogP contribution is 2.29. The van der Waals surface area contributed by atoms with Gasteiger partial charge in [0.25, 0.3) is 0 Å². The van der Waals surface area contributed by atoms with Crippen LogP contribution in [0.2, 0.25) is 0 Å². The lowest BCUT2D eigenvalue weighted by Crippen LogP contribution is -2.45. The molecule has 0 saturated heterocycles. The molecule has 1 aliphatic rings. The number of rotatable bonds is 5. The summed E-state index contributed by atoms with van der Waals surface area (Å²) in [6, 6.07) is 1.71. The summed E-state index contributed by atoms with van der Waals surface area (Å²) >= 11 is 0. The Morgan fingerprint density at radius 1 is 1.43 bits per heavy atom. The van der Waals surface area contributed by atoms with E-state index in [1.165, 1.54) is 11.8 Å². The summed E-state index contributed by atoms with van der Waals surface area (Å²) < 4.78 is 1.85. The van der Waals surface area contributed by atoms with Gasteiger partial charge in [0.1, 0.15) is 0 Å². The van der Waals surface area contributed by atoms with Crippen molar-refractivity contribution in [2.45, 2.75) is 52.3 Å². The van der Waals surface area contributed by atoms with Crippen molar-refractivity contribution in [3.05, 3.63) is 17.5 Å². The summed E-state index contributed by atoms with van der Waals surface area (Å²) in [5, 5.41) is 17.5. The Kier molecular flexibility index (Phi) is 5.41. The molecule has 1 saturated carbocycles. The summed E-state index contributed by atoms with van der Waals surface area (Å²) in [6.07, 6.45) is 0.430. The van der Waals surface area contributed by atoms with Crippen molar-refractivity contribution in [3.8, 4) is 0 Å². The zero-order chi connectivity index (χ0) is 17.1. The van der Waals surface area contributed by atoms with Crippen molar-refractivity contribution < 1.29 is 14.7 Å². The Balaban J connectivity index is 1.84. The van der Waals surface area contributed by atoms with Crippen LogP contribution in [0.4, 0.5) is 0 Å². The fourth-order valence-electron chi connectivity index (χ4n) is 3.22. The molecule has 128 valence electrons. The summed E-state index contributed by atoms with van der Waals surface area (Å²) in [5.74, 6) is -0.708. The molecule has 0 spiro atoms. The Morgan fingerprint density at radius 3 is 2.70 bits per heavy atom. The third kappa shape index (κ3) is 3.90. The average Bonchev–Trinajstić information content (AvgIpc) is 3.00. The van der Waals surface area contributed by atoms with Gasteiger partial charge in [-0.3, -0.25) is 14.3 Å². The van der Waals surface area contributed by atoms with Crippen LogP contribution in [-0.4, -0.2) is 57.3 Å². The molecule has 1 aliphatic carbocycles. The number of nitrogens with one attached hydrogen (secondary N) is 1. The van der Waals surface area contributed by atoms with E-state index in [0.717, 1.165) is 11.4 Å². The van der Waals surface area contributed by atoms with Crippen LogP contribution >= 0.6 is 0 Å². The number of nitrogens with zero attached hydrogens (tertiary/aromatic N) is 3. The molecular weight excluding hydrogens is 296 g/mol. The number of carbonyl (C=O) groups is 2. The minimum atomic E-state index is -0.808. The van der Waals surface area contributed by atoms with E-state index in [1.54, 1.807) is 7.05 Å². The van der Waals surface area contributed by atoms with Crippen LogP contribution in [-0.2, 0) is 16.1 Å². The predicted molar refractivity (Wildman–Crippen MR) is 85.7 cm³/mol. The molecule has 1 aromatic rings. The second kappa shape index (κ2) is 7.12. The van der Waals surface area contributed by atoms with Gasteiger partial charge in [0.15, 0.2) is 0 Å². The van der Waals surface area contributed by atoms with Gasteiger partial charge in [-0.05, 0) is 32.8 Å². The van der Waals surface area contributed by atoms with Crippen LogP contribution in [0.15, 0.2) is 6.07 Å². The van der Waals surface area contributed by atoms with E-state index in [1.807, 2.05) is 24.6 Å². The van der Waals surface area contributed by atoms with Crippen molar-refractivity contribution in [3.63, 3.8) is 0 Å². The SMILES string of the molecule is CC(=O)N(C)[C@@H]1CC[C@@H](C(=O)NCCn2nc(C)cc2C)[C@@H]1O. The van der Waals surface area contributed by atoms with Crippen LogP contribution in [0.5, 0.6) is 0 Å². The lowest BCUT2D eigenvalue weighted by Gasteiger charge is -2.27. The highest BCUT2D eigenvalue weighted by molar-refractivity contribution is 5.80. The first-order valence-electron chi connectivity index (χ1n) is 8.01. The van der Waals surface area contributed by atoms with Crippen molar-refractivity contribution in [2.24, 2.45) is 5.92 Å². The second-order valence-electron chi connectivity index (χ2n) is 6.31. The molecule has 2 N–H and O–H groups in total. The molecule has 1 fully saturated rings. The number of aryl methyl sites for hydroxylation is 2. The number of aliphatic hydroxyl groups is 1. The van der Waals surface area contributed by atoms with Crippen molar-refractivity contribution in [1.29, 1.82) is 0 Å². The van der Waals surface area contributed by atoms with E-state index < -0.39 is 12.0 Å². The van der Waals surface area contributed by atoms with Crippen LogP contribution in [0.3, 0.4) is 0 Å². The van der Waals surface area contributed by atoms with Gasteiger partial charge in [-0.1, -0.05) is 0 Å². The molecule has 0 aliphatic heterocycles. The Labute approximate surface area is 136 Å². The molecule has 23 heavy (non-hydrogen) atoms. The third-order valence-electron chi connectivity index (χ3n) is 4.64. The quantitative estimate of drug-likeness (QED) is 0.812. The highest BCUT2D eigenvalue weighted by Gasteiger charge is 2.41. The molecule has 7 nitrogen and oxygen atoms in total. The fourth-order valence-corrected chi connectivity index (χ4v) is 3.22. The van der Waals surface area contributed by atoms with Gasteiger partial charge in [0.05, 0.1) is 30.3 Å². The van der Waals surface area contributed by atoms with E-state index in [9.17, 15) is 14.7 Å². The maximum Gasteiger partial charge on any atom is 0.225 e. The molecule has 1 aromatic heterocycles. The number of hydrogen-bond acceptors (Lipinski definition) is 4. The summed E-state index contributed by atoms with van der Waals surface area (Å²) in [4.78, 5) is 25.2. The zero-order valence-corrected chi connectivity index (χ0v) is 14.2. The summed E-state index contributed by atoms with van der Waals surface area (Å²) in [7, 11) is 1.67. The number of likely N-dealkylation sites (N-methyl/N-ethyl adjacent to an activating group) is 1. The Hall–Kier alpha value is -1.89. The van der Waals surface area contributed by atoms with Crippen LogP contribution in [0, 0.1) is 19.8 Å². The Morgan fingerprint density at radius 2 is 2.13 bits per heavy atom. The van der Waals surface area contributed by atoms with Gasteiger partial charge >= 0.3 is 0 Å². The second-order valence-corrected chi connectivity index (χ2v) is 6.31. The monoisotopic (exact) mass is 322 g/mol. The largest absolute Gasteiger partial charge is 0.390 e. The first-order valence-corrected chi connectivity index (χ1v) is 8.01. The van der Waals surface area contributed by atoms with Gasteiger partial charge in [-0.15, -0.1) is 0 Å². The van der Waals surface area contributed by atoms with Crippen LogP contribution < -0.4 is 5.32 Å². The van der Waals surface area contributed by atoms with E-state index in [4.69, 9.17) is 0 Å². The lowest BCUT2D eigenvalue weighted by atomic mass is 10.0. The van der Waals surface area contributed by atoms with Crippen molar-refractivity contribution in [2.75, 3.05) is 13.6 Å². The standard InChI is InChI=1S/C16H26N4O3/c1-10-9-11(2)20(18-10)8-7-17-16(23)13-5-6-14(15(13)22)19(4)12(3)21/h9,13-15,22H,5-8H2,1-4H3,(H,17,23)/t13-,14-,15+/m1/s1. The zero-order valence-electron chi connectivity index (χ0n) is 14.2. The first-order chi connectivity index (χ1) is 10.8. The molecule has 7 heteroatoms. The number of carbonyl (C=O) groups excluding carboxylic acids is 2. The van der Waals surface area contributed by atoms with Crippen LogP contribution in [0.1, 0.15) is 31.2 Å². The topological polar surface area (TPSA) is 87.5 Å². The number of amides is 2. The molecule has 2 rings (SSSR count). The van der Waals surface area contributed by atoms with E-state index in [2.05, 4.69) is 10.4 Å². The molecule has 0 bridgehead atoms. The molecular formula is C16H26N4O3. The van der Waals surface area contributed by atoms with E-state index >= 15 is 0 Å².